The van der Waals surface area contributed by atoms with E-state index in [-0.39, 0.29) is 5.41 Å². The van der Waals surface area contributed by atoms with E-state index in [1.165, 1.54) is 22.4 Å². The van der Waals surface area contributed by atoms with Crippen molar-refractivity contribution in [3.05, 3.63) is 28.8 Å². The molecule has 2 rings (SSSR count). The van der Waals surface area contributed by atoms with Crippen molar-refractivity contribution >= 4 is 11.4 Å². The average molecular weight is 187 g/mol. The van der Waals surface area contributed by atoms with Crippen LogP contribution < -0.4 is 0 Å². The molecule has 1 aromatic rings. The van der Waals surface area contributed by atoms with Crippen LogP contribution in [0, 0.1) is 13.8 Å². The second-order valence-corrected chi connectivity index (χ2v) is 4.78. The first kappa shape index (κ1) is 9.45. The van der Waals surface area contributed by atoms with Gasteiger partial charge in [0.05, 0.1) is 5.69 Å². The summed E-state index contributed by atoms with van der Waals surface area (Å²) in [6, 6.07) is 4.48. The maximum absolute atomic E-state index is 4.62. The molecule has 0 aromatic heterocycles. The molecule has 74 valence electrons. The minimum Gasteiger partial charge on any atom is -0.257 e. The molecule has 0 N–H and O–H groups in total. The third-order valence-electron chi connectivity index (χ3n) is 3.48. The van der Waals surface area contributed by atoms with E-state index in [4.69, 9.17) is 0 Å². The quantitative estimate of drug-likeness (QED) is 0.587. The van der Waals surface area contributed by atoms with Gasteiger partial charge in [-0.2, -0.15) is 0 Å². The molecule has 14 heavy (non-hydrogen) atoms. The molecule has 1 aliphatic heterocycles. The number of aryl methyl sites for hydroxylation is 2. The first-order valence-corrected chi connectivity index (χ1v) is 5.10. The lowest BCUT2D eigenvalue weighted by atomic mass is 9.81. The van der Waals surface area contributed by atoms with Crippen LogP contribution in [0.3, 0.4) is 0 Å². The molecule has 0 bridgehead atoms. The molecule has 0 atom stereocenters. The molecule has 0 saturated carbocycles. The minimum atomic E-state index is 0.119. The predicted octanol–water partition coefficient (Wildman–Crippen LogP) is 3.69. The molecule has 1 aliphatic rings. The van der Waals surface area contributed by atoms with Crippen molar-refractivity contribution in [1.82, 2.24) is 0 Å². The van der Waals surface area contributed by atoms with Crippen LogP contribution in [0.2, 0.25) is 0 Å². The highest BCUT2D eigenvalue weighted by Gasteiger charge is 2.32. The Morgan fingerprint density at radius 3 is 2.21 bits per heavy atom. The first-order valence-electron chi connectivity index (χ1n) is 5.10. The van der Waals surface area contributed by atoms with Crippen LogP contribution in [0.15, 0.2) is 17.1 Å². The summed E-state index contributed by atoms with van der Waals surface area (Å²) in [5.41, 5.74) is 6.57. The number of rotatable bonds is 0. The molecule has 1 aromatic carbocycles. The van der Waals surface area contributed by atoms with Crippen LogP contribution in [0.25, 0.3) is 0 Å². The van der Waals surface area contributed by atoms with Crippen molar-refractivity contribution in [2.24, 2.45) is 4.99 Å². The zero-order valence-electron chi connectivity index (χ0n) is 9.60. The normalized spacial score (nSPS) is 17.9. The number of hydrogen-bond acceptors (Lipinski definition) is 1. The lowest BCUT2D eigenvalue weighted by Gasteiger charge is -2.20. The standard InChI is InChI=1S/C13H17N/c1-8-6-11-12(7-9(8)2)14-10(3)13(11,4)5/h6-7H,1-5H3. The summed E-state index contributed by atoms with van der Waals surface area (Å²) in [7, 11) is 0. The van der Waals surface area contributed by atoms with E-state index in [1.54, 1.807) is 0 Å². The van der Waals surface area contributed by atoms with Crippen LogP contribution in [-0.2, 0) is 5.41 Å². The molecule has 0 fully saturated rings. The average Bonchev–Trinajstić information content (AvgIpc) is 2.28. The highest BCUT2D eigenvalue weighted by molar-refractivity contribution is 5.99. The van der Waals surface area contributed by atoms with Crippen LogP contribution in [0.1, 0.15) is 37.5 Å². The molecule has 0 saturated heterocycles. The van der Waals surface area contributed by atoms with E-state index >= 15 is 0 Å². The minimum absolute atomic E-state index is 0.119. The second kappa shape index (κ2) is 2.69. The Kier molecular flexibility index (Phi) is 1.82. The van der Waals surface area contributed by atoms with Gasteiger partial charge in [0.2, 0.25) is 0 Å². The molecule has 0 aliphatic carbocycles. The van der Waals surface area contributed by atoms with Crippen LogP contribution in [0.4, 0.5) is 5.69 Å². The van der Waals surface area contributed by atoms with Gasteiger partial charge in [0.1, 0.15) is 0 Å². The fourth-order valence-electron chi connectivity index (χ4n) is 1.91. The van der Waals surface area contributed by atoms with Gasteiger partial charge in [-0.15, -0.1) is 0 Å². The Morgan fingerprint density at radius 2 is 1.57 bits per heavy atom. The van der Waals surface area contributed by atoms with Crippen LogP contribution in [-0.4, -0.2) is 5.71 Å². The Morgan fingerprint density at radius 1 is 1.00 bits per heavy atom. The Bertz CT molecular complexity index is 425. The monoisotopic (exact) mass is 187 g/mol. The van der Waals surface area contributed by atoms with Gasteiger partial charge >= 0.3 is 0 Å². The Hall–Kier alpha value is -1.11. The molecular formula is C13H17N. The lowest BCUT2D eigenvalue weighted by Crippen LogP contribution is -2.22. The molecule has 0 spiro atoms. The van der Waals surface area contributed by atoms with Gasteiger partial charge in [-0.1, -0.05) is 19.9 Å². The summed E-state index contributed by atoms with van der Waals surface area (Å²) in [5, 5.41) is 0. The number of aliphatic imine (C=N–C) groups is 1. The maximum atomic E-state index is 4.62. The predicted molar refractivity (Wildman–Crippen MR) is 61.7 cm³/mol. The highest BCUT2D eigenvalue weighted by atomic mass is 14.8. The largest absolute Gasteiger partial charge is 0.257 e. The smallest absolute Gasteiger partial charge is 0.0673 e. The van der Waals surface area contributed by atoms with Crippen molar-refractivity contribution in [2.45, 2.75) is 40.0 Å². The Balaban J connectivity index is 2.69. The summed E-state index contributed by atoms with van der Waals surface area (Å²) in [5.74, 6) is 0. The first-order chi connectivity index (χ1) is 6.43. The van der Waals surface area contributed by atoms with Crippen molar-refractivity contribution in [3.63, 3.8) is 0 Å². The fourth-order valence-corrected chi connectivity index (χ4v) is 1.91. The van der Waals surface area contributed by atoms with E-state index in [2.05, 4.69) is 51.7 Å². The van der Waals surface area contributed by atoms with Gasteiger partial charge in [-0.3, -0.25) is 4.99 Å². The van der Waals surface area contributed by atoms with E-state index in [1.807, 2.05) is 0 Å². The maximum Gasteiger partial charge on any atom is 0.0673 e. The van der Waals surface area contributed by atoms with E-state index < -0.39 is 0 Å². The van der Waals surface area contributed by atoms with Crippen molar-refractivity contribution in [2.75, 3.05) is 0 Å². The van der Waals surface area contributed by atoms with Crippen LogP contribution >= 0.6 is 0 Å². The summed E-state index contributed by atoms with van der Waals surface area (Å²) in [6.45, 7) is 10.9. The summed E-state index contributed by atoms with van der Waals surface area (Å²) in [6.07, 6.45) is 0. The molecule has 0 amide bonds. The third-order valence-corrected chi connectivity index (χ3v) is 3.48. The molecule has 0 unspecified atom stereocenters. The summed E-state index contributed by atoms with van der Waals surface area (Å²) in [4.78, 5) is 4.62. The number of fused-ring (bicyclic) bond motifs is 1. The zero-order chi connectivity index (χ0) is 10.5. The van der Waals surface area contributed by atoms with Crippen molar-refractivity contribution < 1.29 is 0 Å². The molecule has 0 radical (unpaired) electrons. The summed E-state index contributed by atoms with van der Waals surface area (Å²) >= 11 is 0. The van der Waals surface area contributed by atoms with Gasteiger partial charge in [0.25, 0.3) is 0 Å². The topological polar surface area (TPSA) is 12.4 Å². The number of hydrogen-bond donors (Lipinski definition) is 0. The number of benzene rings is 1. The van der Waals surface area contributed by atoms with Gasteiger partial charge in [-0.05, 0) is 43.5 Å². The fraction of sp³-hybridized carbons (Fsp3) is 0.462. The third kappa shape index (κ3) is 1.12. The van der Waals surface area contributed by atoms with Gasteiger partial charge in [-0.25, -0.2) is 0 Å². The SMILES string of the molecule is CC1=Nc2cc(C)c(C)cc2C1(C)C. The molecule has 1 nitrogen and oxygen atoms in total. The zero-order valence-corrected chi connectivity index (χ0v) is 9.60. The molecule has 1 heteroatoms. The summed E-state index contributed by atoms with van der Waals surface area (Å²) < 4.78 is 0. The van der Waals surface area contributed by atoms with Crippen molar-refractivity contribution in [1.29, 1.82) is 0 Å². The Labute approximate surface area is 85.9 Å². The number of nitrogens with zero attached hydrogens (tertiary/aromatic N) is 1. The molecular weight excluding hydrogens is 170 g/mol. The second-order valence-electron chi connectivity index (χ2n) is 4.78. The van der Waals surface area contributed by atoms with Gasteiger partial charge in [0, 0.05) is 11.1 Å². The highest BCUT2D eigenvalue weighted by Crippen LogP contribution is 2.40. The van der Waals surface area contributed by atoms with Gasteiger partial charge in [0.15, 0.2) is 0 Å². The van der Waals surface area contributed by atoms with Crippen molar-refractivity contribution in [3.8, 4) is 0 Å². The van der Waals surface area contributed by atoms with E-state index in [0.717, 1.165) is 5.69 Å². The van der Waals surface area contributed by atoms with E-state index in [0.29, 0.717) is 0 Å². The van der Waals surface area contributed by atoms with E-state index in [9.17, 15) is 0 Å². The van der Waals surface area contributed by atoms with Gasteiger partial charge < -0.3 is 0 Å². The van der Waals surface area contributed by atoms with Crippen LogP contribution in [0.5, 0.6) is 0 Å². The lowest BCUT2D eigenvalue weighted by molar-refractivity contribution is 0.732. The molecule has 1 heterocycles.